The highest BCUT2D eigenvalue weighted by Gasteiger charge is 2.51. The van der Waals surface area contributed by atoms with Crippen molar-refractivity contribution in [2.75, 3.05) is 13.1 Å². The molecule has 1 unspecified atom stereocenters. The van der Waals surface area contributed by atoms with Crippen LogP contribution in [0.25, 0.3) is 0 Å². The van der Waals surface area contributed by atoms with Gasteiger partial charge in [-0.2, -0.15) is 0 Å². The van der Waals surface area contributed by atoms with Crippen molar-refractivity contribution in [3.8, 4) is 5.75 Å². The van der Waals surface area contributed by atoms with Crippen LogP contribution in [0.1, 0.15) is 44.2 Å². The van der Waals surface area contributed by atoms with Crippen molar-refractivity contribution in [2.24, 2.45) is 5.92 Å². The zero-order valence-corrected chi connectivity index (χ0v) is 15.4. The molecule has 3 heterocycles. The monoisotopic (exact) mass is 358 g/mol. The van der Waals surface area contributed by atoms with E-state index < -0.39 is 17.4 Å². The van der Waals surface area contributed by atoms with Gasteiger partial charge < -0.3 is 15.2 Å². The van der Waals surface area contributed by atoms with E-state index in [0.717, 1.165) is 31.8 Å². The summed E-state index contributed by atoms with van der Waals surface area (Å²) in [5.41, 5.74) is 1.82. The SMILES string of the molecule is CC1(C)Cc2cc(CN3CCC4(CC3)NC(=O)CC4C(=O)O)ccc2O1. The Morgan fingerprint density at radius 1 is 1.35 bits per heavy atom. The lowest BCUT2D eigenvalue weighted by atomic mass is 9.77. The lowest BCUT2D eigenvalue weighted by Gasteiger charge is -2.41. The van der Waals surface area contributed by atoms with E-state index in [2.05, 4.69) is 42.3 Å². The Balaban J connectivity index is 1.41. The summed E-state index contributed by atoms with van der Waals surface area (Å²) >= 11 is 0. The van der Waals surface area contributed by atoms with E-state index in [0.29, 0.717) is 12.8 Å². The predicted octanol–water partition coefficient (Wildman–Crippen LogP) is 1.96. The number of carbonyl (C=O) groups excluding carboxylic acids is 1. The molecule has 6 nitrogen and oxygen atoms in total. The number of rotatable bonds is 3. The number of nitrogens with zero attached hydrogens (tertiary/aromatic N) is 1. The molecule has 4 rings (SSSR count). The highest BCUT2D eigenvalue weighted by molar-refractivity contribution is 5.88. The Morgan fingerprint density at radius 3 is 2.77 bits per heavy atom. The molecule has 2 N–H and O–H groups in total. The van der Waals surface area contributed by atoms with Gasteiger partial charge in [0, 0.05) is 32.5 Å². The third kappa shape index (κ3) is 3.07. The molecule has 0 radical (unpaired) electrons. The molecule has 6 heteroatoms. The van der Waals surface area contributed by atoms with Gasteiger partial charge in [-0.15, -0.1) is 0 Å². The van der Waals surface area contributed by atoms with Crippen molar-refractivity contribution in [3.05, 3.63) is 29.3 Å². The predicted molar refractivity (Wildman–Crippen MR) is 96.0 cm³/mol. The van der Waals surface area contributed by atoms with E-state index >= 15 is 0 Å². The molecule has 1 atom stereocenters. The smallest absolute Gasteiger partial charge is 0.309 e. The number of carboxylic acid groups (broad SMARTS) is 1. The molecule has 3 aliphatic rings. The number of hydrogen-bond acceptors (Lipinski definition) is 4. The summed E-state index contributed by atoms with van der Waals surface area (Å²) < 4.78 is 5.94. The minimum atomic E-state index is -0.863. The second-order valence-corrected chi connectivity index (χ2v) is 8.56. The van der Waals surface area contributed by atoms with Crippen LogP contribution in [0.2, 0.25) is 0 Å². The molecule has 3 aliphatic heterocycles. The van der Waals surface area contributed by atoms with Gasteiger partial charge in [-0.25, -0.2) is 0 Å². The number of amides is 1. The highest BCUT2D eigenvalue weighted by Crippen LogP contribution is 2.38. The largest absolute Gasteiger partial charge is 0.487 e. The van der Waals surface area contributed by atoms with Crippen molar-refractivity contribution < 1.29 is 19.4 Å². The van der Waals surface area contributed by atoms with Gasteiger partial charge in [-0.3, -0.25) is 14.5 Å². The molecule has 1 aromatic carbocycles. The highest BCUT2D eigenvalue weighted by atomic mass is 16.5. The summed E-state index contributed by atoms with van der Waals surface area (Å²) in [7, 11) is 0. The second-order valence-electron chi connectivity index (χ2n) is 8.56. The summed E-state index contributed by atoms with van der Waals surface area (Å²) in [6, 6.07) is 6.40. The number of likely N-dealkylation sites (tertiary alicyclic amines) is 1. The first-order valence-corrected chi connectivity index (χ1v) is 9.33. The van der Waals surface area contributed by atoms with Crippen LogP contribution in [0.15, 0.2) is 18.2 Å². The molecule has 0 saturated carbocycles. The lowest BCUT2D eigenvalue weighted by Crippen LogP contribution is -2.55. The van der Waals surface area contributed by atoms with Crippen LogP contribution in [-0.4, -0.2) is 46.1 Å². The molecule has 0 aliphatic carbocycles. The van der Waals surface area contributed by atoms with Crippen LogP contribution in [0.5, 0.6) is 5.75 Å². The molecule has 26 heavy (non-hydrogen) atoms. The number of ether oxygens (including phenoxy) is 1. The zero-order valence-electron chi connectivity index (χ0n) is 15.4. The van der Waals surface area contributed by atoms with Crippen LogP contribution in [0.4, 0.5) is 0 Å². The normalized spacial score (nSPS) is 26.4. The number of carbonyl (C=O) groups is 2. The fourth-order valence-electron chi connectivity index (χ4n) is 4.72. The molecule has 0 bridgehead atoms. The number of piperidine rings is 1. The number of aliphatic carboxylic acids is 1. The van der Waals surface area contributed by atoms with Gasteiger partial charge in [-0.05, 0) is 43.9 Å². The molecule has 2 saturated heterocycles. The third-order valence-corrected chi connectivity index (χ3v) is 6.02. The van der Waals surface area contributed by atoms with Crippen LogP contribution in [0.3, 0.4) is 0 Å². The minimum absolute atomic E-state index is 0.107. The van der Waals surface area contributed by atoms with Gasteiger partial charge in [0.05, 0.1) is 11.5 Å². The van der Waals surface area contributed by atoms with Crippen LogP contribution < -0.4 is 10.1 Å². The average molecular weight is 358 g/mol. The van der Waals surface area contributed by atoms with Gasteiger partial charge in [0.1, 0.15) is 11.4 Å². The fourth-order valence-corrected chi connectivity index (χ4v) is 4.72. The first-order valence-electron chi connectivity index (χ1n) is 9.33. The summed E-state index contributed by atoms with van der Waals surface area (Å²) in [6.45, 7) is 6.64. The number of benzene rings is 1. The Morgan fingerprint density at radius 2 is 2.08 bits per heavy atom. The topological polar surface area (TPSA) is 78.9 Å². The Kier molecular flexibility index (Phi) is 3.99. The Hall–Kier alpha value is -2.08. The van der Waals surface area contributed by atoms with Crippen molar-refractivity contribution in [1.82, 2.24) is 10.2 Å². The van der Waals surface area contributed by atoms with E-state index in [1.54, 1.807) is 0 Å². The van der Waals surface area contributed by atoms with Crippen molar-refractivity contribution in [3.63, 3.8) is 0 Å². The minimum Gasteiger partial charge on any atom is -0.487 e. The van der Waals surface area contributed by atoms with Crippen LogP contribution in [0, 0.1) is 5.92 Å². The summed E-state index contributed by atoms with van der Waals surface area (Å²) in [5.74, 6) is -0.615. The first kappa shape index (κ1) is 17.3. The van der Waals surface area contributed by atoms with Crippen molar-refractivity contribution in [1.29, 1.82) is 0 Å². The average Bonchev–Trinajstić information content (AvgIpc) is 3.04. The number of hydrogen-bond donors (Lipinski definition) is 2. The summed E-state index contributed by atoms with van der Waals surface area (Å²) in [4.78, 5) is 25.6. The van der Waals surface area contributed by atoms with Gasteiger partial charge in [-0.1, -0.05) is 12.1 Å². The molecular formula is C20H26N2O4. The van der Waals surface area contributed by atoms with Crippen LogP contribution >= 0.6 is 0 Å². The van der Waals surface area contributed by atoms with Gasteiger partial charge in [0.15, 0.2) is 0 Å². The van der Waals surface area contributed by atoms with Crippen LogP contribution in [-0.2, 0) is 22.6 Å². The van der Waals surface area contributed by atoms with E-state index in [4.69, 9.17) is 4.74 Å². The van der Waals surface area contributed by atoms with E-state index in [1.807, 2.05) is 0 Å². The molecular weight excluding hydrogens is 332 g/mol. The molecule has 1 amide bonds. The maximum absolute atomic E-state index is 11.8. The Bertz CT molecular complexity index is 750. The summed E-state index contributed by atoms with van der Waals surface area (Å²) in [5, 5.41) is 12.4. The first-order chi connectivity index (χ1) is 12.3. The fraction of sp³-hybridized carbons (Fsp3) is 0.600. The second kappa shape index (κ2) is 5.98. The quantitative estimate of drug-likeness (QED) is 0.863. The van der Waals surface area contributed by atoms with Gasteiger partial charge in [0.2, 0.25) is 5.91 Å². The molecule has 0 aromatic heterocycles. The molecule has 1 spiro atoms. The molecule has 2 fully saturated rings. The maximum Gasteiger partial charge on any atom is 0.309 e. The van der Waals surface area contributed by atoms with Crippen molar-refractivity contribution in [2.45, 2.75) is 57.2 Å². The van der Waals surface area contributed by atoms with E-state index in [1.165, 1.54) is 11.1 Å². The maximum atomic E-state index is 11.8. The van der Waals surface area contributed by atoms with E-state index in [9.17, 15) is 14.7 Å². The van der Waals surface area contributed by atoms with Gasteiger partial charge >= 0.3 is 5.97 Å². The van der Waals surface area contributed by atoms with Crippen molar-refractivity contribution >= 4 is 11.9 Å². The standard InChI is InChI=1S/C20H26N2O4/c1-19(2)11-14-9-13(3-4-16(14)26-19)12-22-7-5-20(6-8-22)15(18(24)25)10-17(23)21-20/h3-4,9,15H,5-8,10-12H2,1-2H3,(H,21,23)(H,24,25). The Labute approximate surface area is 153 Å². The number of carboxylic acids is 1. The molecule has 140 valence electrons. The van der Waals surface area contributed by atoms with Gasteiger partial charge in [0.25, 0.3) is 0 Å². The lowest BCUT2D eigenvalue weighted by molar-refractivity contribution is -0.144. The zero-order chi connectivity index (χ0) is 18.5. The number of nitrogens with one attached hydrogen (secondary N) is 1. The third-order valence-electron chi connectivity index (χ3n) is 6.02. The molecule has 1 aromatic rings. The summed E-state index contributed by atoms with van der Waals surface area (Å²) in [6.07, 6.45) is 2.41. The number of fused-ring (bicyclic) bond motifs is 1. The van der Waals surface area contributed by atoms with E-state index in [-0.39, 0.29) is 17.9 Å².